The van der Waals surface area contributed by atoms with Crippen LogP contribution in [0, 0.1) is 0 Å². The number of thiophene rings is 1. The molecule has 2 aromatic heterocycles. The minimum Gasteiger partial charge on any atom is -0.447 e. The number of anilines is 1. The Morgan fingerprint density at radius 3 is 2.88 bits per heavy atom. The number of rotatable bonds is 3. The van der Waals surface area contributed by atoms with E-state index in [9.17, 15) is 4.79 Å². The molecule has 1 amide bonds. The van der Waals surface area contributed by atoms with Gasteiger partial charge in [-0.2, -0.15) is 16.3 Å². The maximum Gasteiger partial charge on any atom is 0.247 e. The fraction of sp³-hybridized carbons (Fsp3) is 0.222. The number of fused-ring (bicyclic) bond motifs is 3. The van der Waals surface area contributed by atoms with E-state index in [1.165, 1.54) is 11.8 Å². The Labute approximate surface area is 159 Å². The molecule has 132 valence electrons. The van der Waals surface area contributed by atoms with E-state index < -0.39 is 6.23 Å². The van der Waals surface area contributed by atoms with E-state index >= 15 is 0 Å². The quantitative estimate of drug-likeness (QED) is 0.632. The van der Waals surface area contributed by atoms with Crippen LogP contribution in [0.4, 0.5) is 5.69 Å². The average molecular weight is 384 g/mol. The molecule has 0 radical (unpaired) electrons. The van der Waals surface area contributed by atoms with E-state index in [0.29, 0.717) is 23.2 Å². The van der Waals surface area contributed by atoms with Crippen LogP contribution < -0.4 is 9.64 Å². The molecule has 8 heteroatoms. The van der Waals surface area contributed by atoms with Gasteiger partial charge >= 0.3 is 0 Å². The minimum absolute atomic E-state index is 0.0282. The van der Waals surface area contributed by atoms with E-state index in [0.717, 1.165) is 16.8 Å². The van der Waals surface area contributed by atoms with Gasteiger partial charge in [0.05, 0.1) is 5.69 Å². The maximum absolute atomic E-state index is 12.9. The first-order chi connectivity index (χ1) is 12.7. The molecule has 0 unspecified atom stereocenters. The van der Waals surface area contributed by atoms with Gasteiger partial charge in [-0.1, -0.05) is 36.9 Å². The number of ether oxygens (including phenoxy) is 1. The summed E-state index contributed by atoms with van der Waals surface area (Å²) in [4.78, 5) is 19.0. The van der Waals surface area contributed by atoms with Crippen LogP contribution in [0.2, 0.25) is 0 Å². The molecule has 3 aromatic rings. The average Bonchev–Trinajstić information content (AvgIpc) is 3.17. The van der Waals surface area contributed by atoms with Crippen molar-refractivity contribution >= 4 is 34.7 Å². The van der Waals surface area contributed by atoms with Gasteiger partial charge in [0.2, 0.25) is 23.2 Å². The summed E-state index contributed by atoms with van der Waals surface area (Å²) in [5.41, 5.74) is 2.99. The number of hydrogen-bond acceptors (Lipinski definition) is 7. The second-order valence-electron chi connectivity index (χ2n) is 5.61. The summed E-state index contributed by atoms with van der Waals surface area (Å²) in [6.07, 6.45) is 1.66. The second kappa shape index (κ2) is 7.05. The molecule has 0 saturated heterocycles. The lowest BCUT2D eigenvalue weighted by Gasteiger charge is -2.30. The lowest BCUT2D eigenvalue weighted by atomic mass is 10.1. The molecule has 1 aliphatic rings. The van der Waals surface area contributed by atoms with Crippen molar-refractivity contribution in [2.24, 2.45) is 0 Å². The molecular weight excluding hydrogens is 368 g/mol. The standard InChI is InChI=1S/C18H16N4O2S2/c1-3-14(23)22-13-7-5-4-6-12(13)15-16(19-18(25-2)21-20-15)24-17(22)11-8-9-26-10-11/h4-10,17H,3H2,1-2H3/t17-/m1/s1. The molecule has 0 spiro atoms. The van der Waals surface area contributed by atoms with Crippen LogP contribution in [0.15, 0.2) is 46.2 Å². The van der Waals surface area contributed by atoms with Gasteiger partial charge < -0.3 is 4.74 Å². The zero-order valence-electron chi connectivity index (χ0n) is 14.2. The number of para-hydroxylation sites is 1. The number of thioether (sulfide) groups is 1. The molecule has 6 nitrogen and oxygen atoms in total. The smallest absolute Gasteiger partial charge is 0.247 e. The minimum atomic E-state index is -0.595. The summed E-state index contributed by atoms with van der Waals surface area (Å²) in [6.45, 7) is 1.84. The van der Waals surface area contributed by atoms with Crippen molar-refractivity contribution in [1.29, 1.82) is 0 Å². The third-order valence-corrected chi connectivity index (χ3v) is 5.33. The van der Waals surface area contributed by atoms with Crippen LogP contribution in [-0.2, 0) is 4.79 Å². The summed E-state index contributed by atoms with van der Waals surface area (Å²) in [5, 5.41) is 13.0. The summed E-state index contributed by atoms with van der Waals surface area (Å²) in [5.74, 6) is 0.360. The SMILES string of the molecule is CCC(=O)N1c2ccccc2-c2nnc(SC)nc2O[C@@H]1c1ccsc1. The Hall–Kier alpha value is -2.45. The lowest BCUT2D eigenvalue weighted by molar-refractivity contribution is -0.120. The van der Waals surface area contributed by atoms with Crippen molar-refractivity contribution < 1.29 is 9.53 Å². The van der Waals surface area contributed by atoms with E-state index in [1.807, 2.05) is 54.3 Å². The first-order valence-electron chi connectivity index (χ1n) is 8.11. The molecule has 0 bridgehead atoms. The van der Waals surface area contributed by atoms with Gasteiger partial charge in [-0.3, -0.25) is 9.69 Å². The van der Waals surface area contributed by atoms with Crippen molar-refractivity contribution in [3.63, 3.8) is 0 Å². The van der Waals surface area contributed by atoms with E-state index in [4.69, 9.17) is 4.74 Å². The Morgan fingerprint density at radius 1 is 1.31 bits per heavy atom. The number of hydrogen-bond donors (Lipinski definition) is 0. The van der Waals surface area contributed by atoms with Gasteiger partial charge in [0.1, 0.15) is 0 Å². The normalized spacial score (nSPS) is 15.6. The maximum atomic E-state index is 12.9. The summed E-state index contributed by atoms with van der Waals surface area (Å²) in [6, 6.07) is 9.60. The molecule has 3 heterocycles. The number of amides is 1. The van der Waals surface area contributed by atoms with Crippen LogP contribution in [0.1, 0.15) is 25.1 Å². The van der Waals surface area contributed by atoms with Gasteiger partial charge in [0.15, 0.2) is 5.69 Å². The largest absolute Gasteiger partial charge is 0.447 e. The predicted octanol–water partition coefficient (Wildman–Crippen LogP) is 4.16. The van der Waals surface area contributed by atoms with E-state index in [-0.39, 0.29) is 5.91 Å². The molecule has 0 saturated carbocycles. The molecule has 1 aromatic carbocycles. The number of carbonyl (C=O) groups is 1. The molecule has 0 aliphatic carbocycles. The zero-order chi connectivity index (χ0) is 18.1. The third-order valence-electron chi connectivity index (χ3n) is 4.09. The summed E-state index contributed by atoms with van der Waals surface area (Å²) < 4.78 is 6.25. The Balaban J connectivity index is 1.97. The topological polar surface area (TPSA) is 68.2 Å². The molecule has 0 fully saturated rings. The van der Waals surface area contributed by atoms with Crippen molar-refractivity contribution in [1.82, 2.24) is 15.2 Å². The van der Waals surface area contributed by atoms with Crippen LogP contribution in [-0.4, -0.2) is 27.3 Å². The fourth-order valence-electron chi connectivity index (χ4n) is 2.87. The third kappa shape index (κ3) is 2.85. The first-order valence-corrected chi connectivity index (χ1v) is 10.3. The molecule has 1 atom stereocenters. The first kappa shape index (κ1) is 17.0. The number of aromatic nitrogens is 3. The highest BCUT2D eigenvalue weighted by Crippen LogP contribution is 2.43. The highest BCUT2D eigenvalue weighted by molar-refractivity contribution is 7.98. The summed E-state index contributed by atoms with van der Waals surface area (Å²) in [7, 11) is 0. The Bertz CT molecular complexity index is 946. The van der Waals surface area contributed by atoms with Gasteiger partial charge in [-0.15, -0.1) is 10.2 Å². The van der Waals surface area contributed by atoms with Crippen molar-refractivity contribution in [2.45, 2.75) is 24.7 Å². The molecule has 0 N–H and O–H groups in total. The van der Waals surface area contributed by atoms with Gasteiger partial charge in [-0.05, 0) is 29.1 Å². The highest BCUT2D eigenvalue weighted by atomic mass is 32.2. The van der Waals surface area contributed by atoms with E-state index in [1.54, 1.807) is 16.2 Å². The van der Waals surface area contributed by atoms with Crippen molar-refractivity contribution in [2.75, 3.05) is 11.2 Å². The van der Waals surface area contributed by atoms with Gasteiger partial charge in [0, 0.05) is 17.5 Å². The van der Waals surface area contributed by atoms with E-state index in [2.05, 4.69) is 15.2 Å². The van der Waals surface area contributed by atoms with Crippen molar-refractivity contribution in [3.8, 4) is 17.1 Å². The predicted molar refractivity (Wildman–Crippen MR) is 103 cm³/mol. The van der Waals surface area contributed by atoms with Gasteiger partial charge in [-0.25, -0.2) is 0 Å². The molecule has 1 aliphatic heterocycles. The van der Waals surface area contributed by atoms with Crippen LogP contribution in [0.25, 0.3) is 11.3 Å². The Morgan fingerprint density at radius 2 is 2.15 bits per heavy atom. The number of nitrogens with zero attached hydrogens (tertiary/aromatic N) is 4. The van der Waals surface area contributed by atoms with Crippen LogP contribution >= 0.6 is 23.1 Å². The molecular formula is C18H16N4O2S2. The summed E-state index contributed by atoms with van der Waals surface area (Å²) >= 11 is 2.96. The molecule has 4 rings (SSSR count). The number of benzene rings is 1. The fourth-order valence-corrected chi connectivity index (χ4v) is 3.84. The van der Waals surface area contributed by atoms with Gasteiger partial charge in [0.25, 0.3) is 0 Å². The monoisotopic (exact) mass is 384 g/mol. The zero-order valence-corrected chi connectivity index (χ0v) is 15.9. The lowest BCUT2D eigenvalue weighted by Crippen LogP contribution is -2.37. The Kier molecular flexibility index (Phi) is 4.60. The van der Waals surface area contributed by atoms with Crippen molar-refractivity contribution in [3.05, 3.63) is 46.7 Å². The van der Waals surface area contributed by atoms with Crippen LogP contribution in [0.3, 0.4) is 0 Å². The second-order valence-corrected chi connectivity index (χ2v) is 7.17. The van der Waals surface area contributed by atoms with Crippen LogP contribution in [0.5, 0.6) is 5.88 Å². The number of carbonyl (C=O) groups excluding carboxylic acids is 1. The molecule has 26 heavy (non-hydrogen) atoms. The highest BCUT2D eigenvalue weighted by Gasteiger charge is 2.35.